The van der Waals surface area contributed by atoms with Crippen molar-refractivity contribution in [3.05, 3.63) is 12.2 Å². The molecule has 1 aromatic rings. The topological polar surface area (TPSA) is 42.7 Å². The molecule has 1 unspecified atom stereocenters. The van der Waals surface area contributed by atoms with Crippen LogP contribution in [-0.2, 0) is 13.0 Å². The Morgan fingerprint density at radius 1 is 1.24 bits per heavy atom. The number of hydrogen-bond acceptors (Lipinski definition) is 3. The van der Waals surface area contributed by atoms with Gasteiger partial charge in [-0.1, -0.05) is 48.0 Å². The third-order valence-electron chi connectivity index (χ3n) is 3.78. The molecule has 1 atom stereocenters. The van der Waals surface area contributed by atoms with Crippen molar-refractivity contribution in [2.75, 3.05) is 13.1 Å². The molecule has 0 aliphatic carbocycles. The minimum Gasteiger partial charge on any atom is -0.316 e. The average molecular weight is 294 g/mol. The number of rotatable bonds is 10. The summed E-state index contributed by atoms with van der Waals surface area (Å²) in [4.78, 5) is 4.50. The third kappa shape index (κ3) is 6.60. The molecular weight excluding hydrogens is 260 g/mol. The Labute approximate surface area is 130 Å². The van der Waals surface area contributed by atoms with Gasteiger partial charge in [-0.15, -0.1) is 0 Å². The molecule has 0 aliphatic rings. The Morgan fingerprint density at radius 2 is 1.95 bits per heavy atom. The zero-order valence-electron chi connectivity index (χ0n) is 14.8. The number of nitrogens with zero attached hydrogens (tertiary/aromatic N) is 3. The van der Waals surface area contributed by atoms with Crippen LogP contribution in [-0.4, -0.2) is 27.9 Å². The lowest BCUT2D eigenvalue weighted by Crippen LogP contribution is -2.36. The second kappa shape index (κ2) is 8.52. The molecular formula is C17H34N4. The van der Waals surface area contributed by atoms with Crippen LogP contribution in [0.3, 0.4) is 0 Å². The summed E-state index contributed by atoms with van der Waals surface area (Å²) in [5, 5.41) is 8.02. The van der Waals surface area contributed by atoms with Gasteiger partial charge in [0.25, 0.3) is 0 Å². The normalized spacial score (nSPS) is 14.9. The van der Waals surface area contributed by atoms with Gasteiger partial charge in [-0.05, 0) is 30.2 Å². The van der Waals surface area contributed by atoms with Crippen molar-refractivity contribution in [2.24, 2.45) is 17.3 Å². The maximum atomic E-state index is 4.50. The van der Waals surface area contributed by atoms with Crippen LogP contribution in [0.5, 0.6) is 0 Å². The highest BCUT2D eigenvalue weighted by molar-refractivity contribution is 4.93. The molecule has 0 bridgehead atoms. The van der Waals surface area contributed by atoms with Crippen molar-refractivity contribution in [3.8, 4) is 0 Å². The van der Waals surface area contributed by atoms with Crippen LogP contribution in [0.2, 0.25) is 0 Å². The Bertz CT molecular complexity index is 397. The summed E-state index contributed by atoms with van der Waals surface area (Å²) < 4.78 is 2.08. The fourth-order valence-electron chi connectivity index (χ4n) is 2.81. The lowest BCUT2D eigenvalue weighted by atomic mass is 9.81. The number of aromatic nitrogens is 3. The molecule has 1 rings (SSSR count). The van der Waals surface area contributed by atoms with E-state index in [4.69, 9.17) is 0 Å². The molecule has 21 heavy (non-hydrogen) atoms. The molecule has 4 nitrogen and oxygen atoms in total. The lowest BCUT2D eigenvalue weighted by Gasteiger charge is -2.30. The van der Waals surface area contributed by atoms with Crippen molar-refractivity contribution in [1.82, 2.24) is 20.1 Å². The molecule has 0 aliphatic heterocycles. The summed E-state index contributed by atoms with van der Waals surface area (Å²) in [6.45, 7) is 16.7. The SMILES string of the molecule is CCCC(C)(CNCC(C)C)Cc1ncnn1CC(C)C. The van der Waals surface area contributed by atoms with Crippen molar-refractivity contribution in [2.45, 2.75) is 67.3 Å². The first-order valence-electron chi connectivity index (χ1n) is 8.43. The van der Waals surface area contributed by atoms with Gasteiger partial charge in [-0.2, -0.15) is 5.10 Å². The largest absolute Gasteiger partial charge is 0.316 e. The Hall–Kier alpha value is -0.900. The average Bonchev–Trinajstić information content (AvgIpc) is 2.75. The Kier molecular flexibility index (Phi) is 7.36. The smallest absolute Gasteiger partial charge is 0.138 e. The van der Waals surface area contributed by atoms with Crippen molar-refractivity contribution in [1.29, 1.82) is 0 Å². The fourth-order valence-corrected chi connectivity index (χ4v) is 2.81. The van der Waals surface area contributed by atoms with E-state index in [1.54, 1.807) is 6.33 Å². The van der Waals surface area contributed by atoms with Crippen LogP contribution in [0.15, 0.2) is 6.33 Å². The van der Waals surface area contributed by atoms with Gasteiger partial charge >= 0.3 is 0 Å². The molecule has 1 N–H and O–H groups in total. The second-order valence-corrected chi connectivity index (χ2v) is 7.51. The molecule has 0 amide bonds. The van der Waals surface area contributed by atoms with Gasteiger partial charge in [0.05, 0.1) is 0 Å². The van der Waals surface area contributed by atoms with Gasteiger partial charge in [-0.25, -0.2) is 9.67 Å². The first-order valence-corrected chi connectivity index (χ1v) is 8.43. The van der Waals surface area contributed by atoms with E-state index < -0.39 is 0 Å². The Morgan fingerprint density at radius 3 is 2.52 bits per heavy atom. The van der Waals surface area contributed by atoms with Gasteiger partial charge in [0.1, 0.15) is 12.2 Å². The summed E-state index contributed by atoms with van der Waals surface area (Å²) >= 11 is 0. The minimum atomic E-state index is 0.255. The molecule has 0 saturated carbocycles. The fraction of sp³-hybridized carbons (Fsp3) is 0.882. The van der Waals surface area contributed by atoms with Crippen LogP contribution >= 0.6 is 0 Å². The molecule has 4 heteroatoms. The van der Waals surface area contributed by atoms with E-state index in [1.165, 1.54) is 12.8 Å². The van der Waals surface area contributed by atoms with Crippen molar-refractivity contribution >= 4 is 0 Å². The minimum absolute atomic E-state index is 0.255. The highest BCUT2D eigenvalue weighted by Crippen LogP contribution is 2.27. The van der Waals surface area contributed by atoms with E-state index >= 15 is 0 Å². The van der Waals surface area contributed by atoms with Crippen LogP contribution in [0.1, 0.15) is 60.2 Å². The monoisotopic (exact) mass is 294 g/mol. The summed E-state index contributed by atoms with van der Waals surface area (Å²) in [5.41, 5.74) is 0.255. The predicted molar refractivity (Wildman–Crippen MR) is 89.3 cm³/mol. The predicted octanol–water partition coefficient (Wildman–Crippen LogP) is 3.53. The van der Waals surface area contributed by atoms with Crippen molar-refractivity contribution < 1.29 is 0 Å². The maximum absolute atomic E-state index is 4.50. The molecule has 1 heterocycles. The van der Waals surface area contributed by atoms with Crippen molar-refractivity contribution in [3.63, 3.8) is 0 Å². The first-order chi connectivity index (χ1) is 9.86. The van der Waals surface area contributed by atoms with E-state index in [9.17, 15) is 0 Å². The molecule has 0 radical (unpaired) electrons. The summed E-state index contributed by atoms with van der Waals surface area (Å²) in [6, 6.07) is 0. The zero-order valence-corrected chi connectivity index (χ0v) is 14.8. The highest BCUT2D eigenvalue weighted by Gasteiger charge is 2.26. The number of nitrogens with one attached hydrogen (secondary N) is 1. The maximum Gasteiger partial charge on any atom is 0.138 e. The van der Waals surface area contributed by atoms with Gasteiger partial charge in [0, 0.05) is 19.5 Å². The molecule has 0 spiro atoms. The third-order valence-corrected chi connectivity index (χ3v) is 3.78. The van der Waals surface area contributed by atoms with Crippen LogP contribution in [0.4, 0.5) is 0 Å². The zero-order chi connectivity index (χ0) is 15.9. The van der Waals surface area contributed by atoms with E-state index in [2.05, 4.69) is 61.6 Å². The quantitative estimate of drug-likeness (QED) is 0.718. The van der Waals surface area contributed by atoms with Gasteiger partial charge in [-0.3, -0.25) is 0 Å². The molecule has 0 fully saturated rings. The lowest BCUT2D eigenvalue weighted by molar-refractivity contribution is 0.259. The standard InChI is InChI=1S/C17H34N4/c1-7-8-17(6,12-18-10-14(2)3)9-16-19-13-20-21(16)11-15(4)5/h13-15,18H,7-12H2,1-6H3. The molecule has 1 aromatic heterocycles. The second-order valence-electron chi connectivity index (χ2n) is 7.51. The van der Waals surface area contributed by atoms with Crippen LogP contribution in [0, 0.1) is 17.3 Å². The summed E-state index contributed by atoms with van der Waals surface area (Å²) in [7, 11) is 0. The Balaban J connectivity index is 2.70. The first kappa shape index (κ1) is 18.1. The van der Waals surface area contributed by atoms with Crippen LogP contribution < -0.4 is 5.32 Å². The summed E-state index contributed by atoms with van der Waals surface area (Å²) in [5.74, 6) is 2.42. The molecule has 122 valence electrons. The van der Waals surface area contributed by atoms with E-state index in [0.29, 0.717) is 11.8 Å². The van der Waals surface area contributed by atoms with Gasteiger partial charge < -0.3 is 5.32 Å². The molecule has 0 aromatic carbocycles. The van der Waals surface area contributed by atoms with Crippen LogP contribution in [0.25, 0.3) is 0 Å². The number of hydrogen-bond donors (Lipinski definition) is 1. The molecule has 0 saturated heterocycles. The van der Waals surface area contributed by atoms with E-state index in [1.807, 2.05) is 0 Å². The van der Waals surface area contributed by atoms with E-state index in [-0.39, 0.29) is 5.41 Å². The summed E-state index contributed by atoms with van der Waals surface area (Å²) in [6.07, 6.45) is 5.12. The van der Waals surface area contributed by atoms with Gasteiger partial charge in [0.2, 0.25) is 0 Å². The highest BCUT2D eigenvalue weighted by atomic mass is 15.3. The van der Waals surface area contributed by atoms with Gasteiger partial charge in [0.15, 0.2) is 0 Å². The van der Waals surface area contributed by atoms with E-state index in [0.717, 1.165) is 31.9 Å².